The number of pyridine rings is 1. The highest BCUT2D eigenvalue weighted by atomic mass is 32.2. The average Bonchev–Trinajstić information content (AvgIpc) is 2.95. The first-order chi connectivity index (χ1) is 11.8. The molecule has 1 atom stereocenters. The molecule has 0 spiro atoms. The van der Waals surface area contributed by atoms with Crippen molar-refractivity contribution in [1.82, 2.24) is 25.1 Å². The van der Waals surface area contributed by atoms with Crippen LogP contribution in [0.25, 0.3) is 11.4 Å². The summed E-state index contributed by atoms with van der Waals surface area (Å²) in [5, 5.41) is 9.67. The molecule has 0 aliphatic heterocycles. The van der Waals surface area contributed by atoms with Crippen LogP contribution in [0.3, 0.4) is 0 Å². The van der Waals surface area contributed by atoms with Gasteiger partial charge in [0.2, 0.25) is 5.91 Å². The summed E-state index contributed by atoms with van der Waals surface area (Å²) in [7, 11) is 0. The first kappa shape index (κ1) is 19.0. The van der Waals surface area contributed by atoms with E-state index in [2.05, 4.69) is 21.8 Å². The number of amides is 1. The van der Waals surface area contributed by atoms with Gasteiger partial charge in [0.15, 0.2) is 11.0 Å². The van der Waals surface area contributed by atoms with E-state index in [9.17, 15) is 18.0 Å². The fourth-order valence-electron chi connectivity index (χ4n) is 1.93. The summed E-state index contributed by atoms with van der Waals surface area (Å²) in [4.78, 5) is 15.8. The molecule has 1 amide bonds. The molecule has 2 aromatic rings. The Kier molecular flexibility index (Phi) is 6.18. The molecule has 0 aliphatic rings. The lowest BCUT2D eigenvalue weighted by molar-refractivity contribution is -0.137. The second kappa shape index (κ2) is 8.15. The summed E-state index contributed by atoms with van der Waals surface area (Å²) in [5.41, 5.74) is 0.783. The Labute approximate surface area is 146 Å². The van der Waals surface area contributed by atoms with E-state index in [4.69, 9.17) is 0 Å². The van der Waals surface area contributed by atoms with Crippen LogP contribution in [0.5, 0.6) is 0 Å². The third kappa shape index (κ3) is 5.31. The van der Waals surface area contributed by atoms with E-state index >= 15 is 0 Å². The van der Waals surface area contributed by atoms with E-state index in [0.717, 1.165) is 17.3 Å². The summed E-state index contributed by atoms with van der Waals surface area (Å²) in [6.45, 7) is 4.22. The lowest BCUT2D eigenvalue weighted by atomic mass is 10.2. The zero-order valence-corrected chi connectivity index (χ0v) is 14.1. The number of nitrogens with zero attached hydrogens (tertiary/aromatic N) is 4. The Hall–Kier alpha value is -2.36. The largest absolute Gasteiger partial charge is 0.405 e. The van der Waals surface area contributed by atoms with Crippen molar-refractivity contribution in [1.29, 1.82) is 0 Å². The van der Waals surface area contributed by atoms with Crippen molar-refractivity contribution in [3.05, 3.63) is 37.2 Å². The molecule has 0 bridgehead atoms. The molecule has 10 heteroatoms. The molecule has 0 aromatic carbocycles. The first-order valence-corrected chi connectivity index (χ1v) is 8.15. The standard InChI is InChI=1S/C15H16F3N5OS/c1-3-8-23-12(11-4-6-19-7-5-11)21-22-14(23)25-10(2)13(24)20-9-15(16,17)18/h3-7,10H,1,8-9H2,2H3,(H,20,24). The predicted molar refractivity (Wildman–Crippen MR) is 87.8 cm³/mol. The van der Waals surface area contributed by atoms with E-state index < -0.39 is 23.9 Å². The van der Waals surface area contributed by atoms with Gasteiger partial charge in [0.1, 0.15) is 6.54 Å². The normalized spacial score (nSPS) is 12.6. The Bertz CT molecular complexity index is 733. The average molecular weight is 371 g/mol. The van der Waals surface area contributed by atoms with Crippen LogP contribution in [-0.2, 0) is 11.3 Å². The number of carbonyl (C=O) groups excluding carboxylic acids is 1. The second-order valence-electron chi connectivity index (χ2n) is 5.03. The molecule has 0 radical (unpaired) electrons. The number of hydrogen-bond donors (Lipinski definition) is 1. The number of nitrogens with one attached hydrogen (secondary N) is 1. The topological polar surface area (TPSA) is 72.7 Å². The molecule has 2 aromatic heterocycles. The summed E-state index contributed by atoms with van der Waals surface area (Å²) < 4.78 is 38.3. The third-order valence-electron chi connectivity index (χ3n) is 3.08. The molecule has 2 rings (SSSR count). The van der Waals surface area contributed by atoms with Gasteiger partial charge in [0.25, 0.3) is 0 Å². The van der Waals surface area contributed by atoms with Gasteiger partial charge in [-0.3, -0.25) is 14.3 Å². The minimum absolute atomic E-state index is 0.393. The molecule has 6 nitrogen and oxygen atoms in total. The van der Waals surface area contributed by atoms with Crippen LogP contribution in [0.1, 0.15) is 6.92 Å². The Morgan fingerprint density at radius 3 is 2.68 bits per heavy atom. The Balaban J connectivity index is 2.15. The second-order valence-corrected chi connectivity index (χ2v) is 6.34. The molecule has 0 aliphatic carbocycles. The summed E-state index contributed by atoms with van der Waals surface area (Å²) >= 11 is 1.03. The smallest absolute Gasteiger partial charge is 0.346 e. The van der Waals surface area contributed by atoms with Gasteiger partial charge in [-0.1, -0.05) is 17.8 Å². The number of halogens is 3. The molecular formula is C15H16F3N5OS. The SMILES string of the molecule is C=CCn1c(SC(C)C(=O)NCC(F)(F)F)nnc1-c1ccncc1. The lowest BCUT2D eigenvalue weighted by Crippen LogP contribution is -2.38. The minimum Gasteiger partial charge on any atom is -0.346 e. The van der Waals surface area contributed by atoms with E-state index in [1.54, 1.807) is 35.2 Å². The highest BCUT2D eigenvalue weighted by Crippen LogP contribution is 2.26. The fraction of sp³-hybridized carbons (Fsp3) is 0.333. The van der Waals surface area contributed by atoms with Gasteiger partial charge in [-0.05, 0) is 19.1 Å². The van der Waals surface area contributed by atoms with Crippen molar-refractivity contribution in [2.45, 2.75) is 30.1 Å². The molecule has 0 fully saturated rings. The molecule has 2 heterocycles. The molecule has 0 saturated carbocycles. The molecule has 1 unspecified atom stereocenters. The minimum atomic E-state index is -4.45. The van der Waals surface area contributed by atoms with Gasteiger partial charge in [-0.2, -0.15) is 13.2 Å². The van der Waals surface area contributed by atoms with Crippen LogP contribution in [0, 0.1) is 0 Å². The van der Waals surface area contributed by atoms with Crippen molar-refractivity contribution in [2.24, 2.45) is 0 Å². The van der Waals surface area contributed by atoms with Crippen molar-refractivity contribution >= 4 is 17.7 Å². The third-order valence-corrected chi connectivity index (χ3v) is 4.16. The summed E-state index contributed by atoms with van der Waals surface area (Å²) in [5.74, 6) is -0.159. The van der Waals surface area contributed by atoms with Gasteiger partial charge in [0.05, 0.1) is 5.25 Å². The lowest BCUT2D eigenvalue weighted by Gasteiger charge is -2.13. The van der Waals surface area contributed by atoms with Gasteiger partial charge in [0, 0.05) is 24.5 Å². The highest BCUT2D eigenvalue weighted by molar-refractivity contribution is 8.00. The van der Waals surface area contributed by atoms with Crippen molar-refractivity contribution in [3.8, 4) is 11.4 Å². The van der Waals surface area contributed by atoms with Crippen LogP contribution in [0.15, 0.2) is 42.3 Å². The number of hydrogen-bond acceptors (Lipinski definition) is 5. The van der Waals surface area contributed by atoms with E-state index in [0.29, 0.717) is 17.5 Å². The van der Waals surface area contributed by atoms with Crippen LogP contribution < -0.4 is 5.32 Å². The molecule has 134 valence electrons. The molecule has 0 saturated heterocycles. The van der Waals surface area contributed by atoms with Gasteiger partial charge in [-0.15, -0.1) is 16.8 Å². The maximum atomic E-state index is 12.2. The fourth-order valence-corrected chi connectivity index (χ4v) is 2.81. The Morgan fingerprint density at radius 2 is 2.08 bits per heavy atom. The van der Waals surface area contributed by atoms with Gasteiger partial charge >= 0.3 is 6.18 Å². The first-order valence-electron chi connectivity index (χ1n) is 7.27. The van der Waals surface area contributed by atoms with Gasteiger partial charge < -0.3 is 5.32 Å². The van der Waals surface area contributed by atoms with E-state index in [1.165, 1.54) is 6.92 Å². The summed E-state index contributed by atoms with van der Waals surface area (Å²) in [6, 6.07) is 3.52. The van der Waals surface area contributed by atoms with Crippen molar-refractivity contribution in [3.63, 3.8) is 0 Å². The number of alkyl halides is 3. The Morgan fingerprint density at radius 1 is 1.40 bits per heavy atom. The number of carbonyl (C=O) groups is 1. The number of rotatable bonds is 7. The van der Waals surface area contributed by atoms with Crippen LogP contribution in [0.4, 0.5) is 13.2 Å². The van der Waals surface area contributed by atoms with Crippen LogP contribution in [-0.4, -0.2) is 43.6 Å². The van der Waals surface area contributed by atoms with Crippen molar-refractivity contribution in [2.75, 3.05) is 6.54 Å². The quantitative estimate of drug-likeness (QED) is 0.598. The zero-order chi connectivity index (χ0) is 18.4. The maximum Gasteiger partial charge on any atom is 0.405 e. The number of allylic oxidation sites excluding steroid dienone is 1. The highest BCUT2D eigenvalue weighted by Gasteiger charge is 2.29. The van der Waals surface area contributed by atoms with Gasteiger partial charge in [-0.25, -0.2) is 0 Å². The zero-order valence-electron chi connectivity index (χ0n) is 13.3. The maximum absolute atomic E-state index is 12.2. The van der Waals surface area contributed by atoms with Crippen LogP contribution in [0.2, 0.25) is 0 Å². The molecule has 25 heavy (non-hydrogen) atoms. The molecular weight excluding hydrogens is 355 g/mol. The number of aromatic nitrogens is 4. The van der Waals surface area contributed by atoms with E-state index in [-0.39, 0.29) is 0 Å². The monoisotopic (exact) mass is 371 g/mol. The number of thioether (sulfide) groups is 1. The summed E-state index contributed by atoms with van der Waals surface area (Å²) in [6.07, 6.45) is 0.425. The molecule has 1 N–H and O–H groups in total. The predicted octanol–water partition coefficient (Wildman–Crippen LogP) is 2.69. The van der Waals surface area contributed by atoms with Crippen molar-refractivity contribution < 1.29 is 18.0 Å². The van der Waals surface area contributed by atoms with E-state index in [1.807, 2.05) is 5.32 Å². The van der Waals surface area contributed by atoms with Crippen LogP contribution >= 0.6 is 11.8 Å².